The summed E-state index contributed by atoms with van der Waals surface area (Å²) in [5.41, 5.74) is -1.14. The predicted molar refractivity (Wildman–Crippen MR) is 533 cm³/mol. The summed E-state index contributed by atoms with van der Waals surface area (Å²) in [7, 11) is -9.27. The van der Waals surface area contributed by atoms with E-state index in [1.165, 1.54) is 198 Å². The number of halogens is 12. The summed E-state index contributed by atoms with van der Waals surface area (Å²) in [6, 6.07) is 72.3. The van der Waals surface area contributed by atoms with E-state index in [9.17, 15) is 86.4 Å². The van der Waals surface area contributed by atoms with Crippen molar-refractivity contribution in [2.45, 2.75) is 172 Å². The van der Waals surface area contributed by atoms with Crippen molar-refractivity contribution >= 4 is 50.4 Å². The van der Waals surface area contributed by atoms with Crippen LogP contribution in [-0.2, 0) is 55.9 Å². The van der Waals surface area contributed by atoms with E-state index in [0.717, 1.165) is 93.9 Å². The van der Waals surface area contributed by atoms with Crippen LogP contribution >= 0.6 is 0 Å². The molecule has 0 aliphatic heterocycles. The highest BCUT2D eigenvalue weighted by Crippen LogP contribution is 2.59. The van der Waals surface area contributed by atoms with Crippen LogP contribution in [0.5, 0.6) is 63.2 Å². The lowest BCUT2D eigenvalue weighted by Gasteiger charge is -2.39. The van der Waals surface area contributed by atoms with Crippen molar-refractivity contribution in [2.24, 2.45) is 0 Å². The average molecular weight is 2070 g/mol. The summed E-state index contributed by atoms with van der Waals surface area (Å²) in [6.07, 6.45) is -22.9. The second-order valence-electron chi connectivity index (χ2n) is 35.3. The molecule has 15 aromatic carbocycles. The van der Waals surface area contributed by atoms with Gasteiger partial charge in [0.15, 0.2) is 0 Å². The highest BCUT2D eigenvalue weighted by atomic mass is 32.2. The summed E-state index contributed by atoms with van der Waals surface area (Å²) in [4.78, 5) is 0.499. The number of aryl methyl sites for hydroxylation is 10. The summed E-state index contributed by atoms with van der Waals surface area (Å²) in [5, 5.41) is 1.97. The lowest BCUT2D eigenvalue weighted by molar-refractivity contribution is -0.290. The summed E-state index contributed by atoms with van der Waals surface area (Å²) in [5.74, 6) is 4.09. The Hall–Kier alpha value is -14.1. The van der Waals surface area contributed by atoms with Gasteiger partial charge in [0.1, 0.15) is 68.1 Å². The Labute approximate surface area is 836 Å². The number of hydrogen-bond donors (Lipinski definition) is 0. The normalized spacial score (nSPS) is 12.3. The minimum atomic E-state index is -5.73. The number of hydrogen-bond acceptors (Lipinski definition) is 16. The van der Waals surface area contributed by atoms with Crippen molar-refractivity contribution in [3.63, 3.8) is 0 Å². The van der Waals surface area contributed by atoms with Crippen molar-refractivity contribution in [1.82, 2.24) is 0 Å². The highest BCUT2D eigenvalue weighted by molar-refractivity contribution is 7.92. The first-order chi connectivity index (χ1) is 67.8. The number of fused-ring (bicyclic) bond motifs is 1. The first-order valence-corrected chi connectivity index (χ1v) is 50.7. The monoisotopic (exact) mass is 2070 g/mol. The molecule has 0 saturated carbocycles. The van der Waals surface area contributed by atoms with Gasteiger partial charge in [-0.25, -0.2) is 25.3 Å². The van der Waals surface area contributed by atoms with Crippen molar-refractivity contribution in [3.8, 4) is 63.2 Å². The number of alkyl halides is 12. The van der Waals surface area contributed by atoms with Crippen LogP contribution in [0.1, 0.15) is 114 Å². The van der Waals surface area contributed by atoms with Gasteiger partial charge in [0.05, 0.1) is 57.8 Å². The third-order valence-corrected chi connectivity index (χ3v) is 31.9. The molecule has 0 aliphatic rings. The van der Waals surface area contributed by atoms with Crippen LogP contribution in [-0.4, -0.2) is 86.8 Å². The molecule has 0 aliphatic carbocycles. The smallest absolute Gasteiger partial charge is 0.411 e. The lowest BCUT2D eigenvalue weighted by Crippen LogP contribution is -2.55. The minimum Gasteiger partial charge on any atom is -0.497 e. The van der Waals surface area contributed by atoms with E-state index >= 15 is 0 Å². The van der Waals surface area contributed by atoms with E-state index in [0.29, 0.717) is 51.0 Å². The molecule has 0 N–H and O–H groups in total. The number of sulfone groups is 3. The fourth-order valence-corrected chi connectivity index (χ4v) is 21.3. The molecule has 16 nitrogen and oxygen atoms in total. The Morgan fingerprint density at radius 1 is 0.214 bits per heavy atom. The van der Waals surface area contributed by atoms with Gasteiger partial charge in [0.25, 0.3) is 0 Å². The molecule has 760 valence electrons. The molecule has 0 saturated heterocycles. The van der Waals surface area contributed by atoms with E-state index in [2.05, 4.69) is 72.7 Å². The quantitative estimate of drug-likeness (QED) is 0.0385. The first-order valence-electron chi connectivity index (χ1n) is 44.8. The zero-order valence-electron chi connectivity index (χ0n) is 82.1. The number of benzene rings is 15. The maximum Gasteiger partial charge on any atom is 0.411 e. The van der Waals surface area contributed by atoms with Gasteiger partial charge in [0.2, 0.25) is 40.3 Å². The highest BCUT2D eigenvalue weighted by Gasteiger charge is 2.74. The molecule has 0 spiro atoms. The molecule has 0 radical (unpaired) electrons. The second kappa shape index (κ2) is 43.1. The second-order valence-corrected chi connectivity index (χ2v) is 42.7. The largest absolute Gasteiger partial charge is 0.497 e. The van der Waals surface area contributed by atoms with Crippen LogP contribution < -0.4 is 37.3 Å². The van der Waals surface area contributed by atoms with Crippen molar-refractivity contribution < 1.29 is 124 Å². The maximum absolute atomic E-state index is 14.8. The van der Waals surface area contributed by atoms with E-state index in [-0.39, 0.29) is 79.6 Å². The van der Waals surface area contributed by atoms with Crippen molar-refractivity contribution in [2.75, 3.05) is 28.4 Å². The van der Waals surface area contributed by atoms with Crippen LogP contribution in [0.2, 0.25) is 0 Å². The molecule has 0 unspecified atom stereocenters. The first kappa shape index (κ1) is 110. The van der Waals surface area contributed by atoms with Crippen LogP contribution in [0.3, 0.4) is 0 Å². The molecule has 32 heteroatoms. The Morgan fingerprint density at radius 3 is 0.731 bits per heavy atom. The SMILES string of the molecule is COc1ccc(S(=O)(=O)Oc2ccc3cc(C)ccc3c2)cc1.COc1ccc(S(=O)(=O)c2ccc(Oc3c(C)cc(C(C)(C)c4cc(C)c(C)c(C)c4)cc3C)cc2)cc1.COc1ccc(S(=O)(=O)c2ccc(Oc3c(C)cc(C(c4cc(C)c(C)c(C)c4)(C(F)(F)F)C(F)(F)F)cc3C)cc2)cc1.COc1ccc(S(=O)(=O)c2ccc(Oc3ccc(C(c4ccc(C)cc4)(C(F)(F)F)C(F)(F)F)cc3)cc2)cc1. The molecule has 0 heterocycles. The van der Waals surface area contributed by atoms with E-state index < -0.39 is 97.4 Å². The summed E-state index contributed by atoms with van der Waals surface area (Å²) >= 11 is 0. The Balaban J connectivity index is 0.000000176. The minimum absolute atomic E-state index is 0.0314. The molecule has 0 aromatic heterocycles. The summed E-state index contributed by atoms with van der Waals surface area (Å²) < 4.78 is 320. The standard InChI is InChI=1S/C33H30F6O4S.C33H36O4S.C29H22F6O4S.C18H16O4S/c1-19-15-24(16-20(2)23(19)5)31(32(34,35)36,33(37,38)39)25-17-21(3)30(22(4)18-25)43-27-9-13-29(14-10-27)44(40,41)28-11-7-26(42-6)8-12-28;1-21-17-26(18-22(2)25(21)5)33(6,7)27-19-23(3)32(24(4)20-27)37-29-11-15-31(16-12-29)38(34,35)30-13-9-28(36-8)10-14-30;1-19-3-5-20(6-4-19)27(28(30,31)32,29(33,34)35)21-7-9-23(10-8-21)39-24-13-17-26(18-14-24)40(36,37)25-15-11-22(38-2)12-16-25;1-13-3-4-15-12-17(6-5-14(15)11-13)22-23(19,20)18-9-7-16(21-2)8-10-18/h7-18H,1-6H3;9-20H,1-8H3;3-18H,1-2H3;3-12H,1-2H3. The van der Waals surface area contributed by atoms with Gasteiger partial charge < -0.3 is 37.3 Å². The third-order valence-electron chi connectivity index (χ3n) is 25.3. The Morgan fingerprint density at radius 2 is 0.434 bits per heavy atom. The van der Waals surface area contributed by atoms with Crippen LogP contribution in [0.15, 0.2) is 338 Å². The van der Waals surface area contributed by atoms with Crippen molar-refractivity contribution in [3.05, 3.63) is 403 Å². The molecule has 15 aromatic rings. The fourth-order valence-electron chi connectivity index (χ4n) is 16.6. The molecule has 0 bridgehead atoms. The molecule has 15 rings (SSSR count). The predicted octanol–water partition coefficient (Wildman–Crippen LogP) is 29.4. The van der Waals surface area contributed by atoms with E-state index in [4.69, 9.17) is 37.3 Å². The van der Waals surface area contributed by atoms with Gasteiger partial charge in [-0.2, -0.15) is 61.1 Å². The Bertz CT molecular complexity index is 7580. The van der Waals surface area contributed by atoms with Crippen LogP contribution in [0, 0.1) is 83.1 Å². The van der Waals surface area contributed by atoms with Gasteiger partial charge in [0, 0.05) is 5.41 Å². The Kier molecular flexibility index (Phi) is 32.6. The van der Waals surface area contributed by atoms with Gasteiger partial charge in [-0.15, -0.1) is 0 Å². The third kappa shape index (κ3) is 23.5. The number of methoxy groups -OCH3 is 4. The zero-order valence-corrected chi connectivity index (χ0v) is 85.3. The van der Waals surface area contributed by atoms with Crippen LogP contribution in [0.25, 0.3) is 10.8 Å². The van der Waals surface area contributed by atoms with Gasteiger partial charge in [-0.3, -0.25) is 0 Å². The van der Waals surface area contributed by atoms with Gasteiger partial charge >= 0.3 is 34.8 Å². The number of rotatable bonds is 25. The molecular formula is C113H104F12O16S4. The maximum atomic E-state index is 14.8. The molecule has 0 atom stereocenters. The molecule has 0 amide bonds. The molecule has 0 fully saturated rings. The topological polar surface area (TPSA) is 210 Å². The lowest BCUT2D eigenvalue weighted by atomic mass is 9.71. The van der Waals surface area contributed by atoms with E-state index in [1.807, 2.05) is 31.2 Å². The van der Waals surface area contributed by atoms with Crippen molar-refractivity contribution in [1.29, 1.82) is 0 Å². The molecular weight excluding hydrogens is 1970 g/mol. The molecule has 145 heavy (non-hydrogen) atoms. The average Bonchev–Trinajstić information content (AvgIpc) is 0.710. The van der Waals surface area contributed by atoms with Crippen LogP contribution in [0.4, 0.5) is 52.7 Å². The number of ether oxygens (including phenoxy) is 7. The zero-order chi connectivity index (χ0) is 106. The fraction of sp³-hybridized carbons (Fsp3) is 0.221. The van der Waals surface area contributed by atoms with E-state index in [1.54, 1.807) is 93.8 Å². The van der Waals surface area contributed by atoms with Gasteiger partial charge in [-0.05, 0) is 377 Å². The van der Waals surface area contributed by atoms with Gasteiger partial charge in [-0.1, -0.05) is 134 Å². The summed E-state index contributed by atoms with van der Waals surface area (Å²) in [6.45, 7) is 26.0.